The monoisotopic (exact) mass is 372 g/mol. The van der Waals surface area contributed by atoms with E-state index in [0.717, 1.165) is 27.8 Å². The van der Waals surface area contributed by atoms with Gasteiger partial charge in [0.05, 0.1) is 5.25 Å². The molecule has 0 saturated heterocycles. The fraction of sp³-hybridized carbons (Fsp3) is 0.550. The second-order valence-corrected chi connectivity index (χ2v) is 8.56. The van der Waals surface area contributed by atoms with Crippen molar-refractivity contribution in [3.05, 3.63) is 35.2 Å². The number of rotatable bonds is 5. The predicted molar refractivity (Wildman–Crippen MR) is 107 cm³/mol. The van der Waals surface area contributed by atoms with E-state index in [1.807, 2.05) is 46.0 Å². The average Bonchev–Trinajstić information content (AvgIpc) is 2.99. The summed E-state index contributed by atoms with van der Waals surface area (Å²) in [6.07, 6.45) is 6.26. The third-order valence-electron chi connectivity index (χ3n) is 5.22. The highest BCUT2D eigenvalue weighted by Crippen LogP contribution is 2.33. The number of para-hydroxylation sites is 1. The second kappa shape index (κ2) is 8.25. The number of carbonyl (C=O) groups excluding carboxylic acids is 1. The van der Waals surface area contributed by atoms with Crippen molar-refractivity contribution in [2.24, 2.45) is 7.05 Å². The summed E-state index contributed by atoms with van der Waals surface area (Å²) in [5.74, 6) is 1.57. The molecule has 1 N–H and O–H groups in total. The van der Waals surface area contributed by atoms with Crippen LogP contribution in [0.4, 0.5) is 5.69 Å². The summed E-state index contributed by atoms with van der Waals surface area (Å²) in [4.78, 5) is 12.7. The zero-order chi connectivity index (χ0) is 18.7. The van der Waals surface area contributed by atoms with Crippen LogP contribution in [-0.4, -0.2) is 25.9 Å². The number of hydrogen-bond donors (Lipinski definition) is 1. The molecule has 1 heterocycles. The summed E-state index contributed by atoms with van der Waals surface area (Å²) >= 11 is 1.47. The van der Waals surface area contributed by atoms with Crippen molar-refractivity contribution < 1.29 is 4.79 Å². The molecular weight excluding hydrogens is 344 g/mol. The number of nitrogens with one attached hydrogen (secondary N) is 1. The molecule has 3 rings (SSSR count). The molecule has 1 aromatic heterocycles. The largest absolute Gasteiger partial charge is 0.325 e. The fourth-order valence-corrected chi connectivity index (χ4v) is 4.41. The minimum atomic E-state index is -0.240. The Morgan fingerprint density at radius 2 is 1.85 bits per heavy atom. The van der Waals surface area contributed by atoms with Gasteiger partial charge in [-0.3, -0.25) is 4.79 Å². The van der Waals surface area contributed by atoms with Crippen LogP contribution in [0.25, 0.3) is 0 Å². The molecular formula is C20H28N4OS. The molecule has 1 amide bonds. The van der Waals surface area contributed by atoms with Crippen LogP contribution in [0, 0.1) is 13.8 Å². The van der Waals surface area contributed by atoms with E-state index >= 15 is 0 Å². The van der Waals surface area contributed by atoms with Crippen molar-refractivity contribution in [3.8, 4) is 0 Å². The van der Waals surface area contributed by atoms with Gasteiger partial charge in [-0.1, -0.05) is 49.2 Å². The van der Waals surface area contributed by atoms with E-state index in [1.54, 1.807) is 0 Å². The van der Waals surface area contributed by atoms with Gasteiger partial charge in [0, 0.05) is 18.7 Å². The first-order chi connectivity index (χ1) is 12.5. The molecule has 5 nitrogen and oxygen atoms in total. The summed E-state index contributed by atoms with van der Waals surface area (Å²) in [5.41, 5.74) is 3.06. The molecule has 0 spiro atoms. The number of thioether (sulfide) groups is 1. The Hall–Kier alpha value is -1.82. The number of aryl methyl sites for hydroxylation is 2. The molecule has 1 aliphatic rings. The summed E-state index contributed by atoms with van der Waals surface area (Å²) < 4.78 is 2.07. The molecule has 26 heavy (non-hydrogen) atoms. The van der Waals surface area contributed by atoms with Gasteiger partial charge in [0.25, 0.3) is 0 Å². The van der Waals surface area contributed by atoms with Crippen molar-refractivity contribution in [2.45, 2.75) is 69.2 Å². The lowest BCUT2D eigenvalue weighted by molar-refractivity contribution is -0.115. The maximum atomic E-state index is 12.7. The minimum Gasteiger partial charge on any atom is -0.325 e. The van der Waals surface area contributed by atoms with Gasteiger partial charge >= 0.3 is 0 Å². The van der Waals surface area contributed by atoms with Gasteiger partial charge in [-0.05, 0) is 44.7 Å². The quantitative estimate of drug-likeness (QED) is 0.779. The minimum absolute atomic E-state index is 0.00498. The van der Waals surface area contributed by atoms with Gasteiger partial charge in [0.1, 0.15) is 5.82 Å². The fourth-order valence-electron chi connectivity index (χ4n) is 3.59. The molecule has 0 aliphatic heterocycles. The van der Waals surface area contributed by atoms with Crippen molar-refractivity contribution in [2.75, 3.05) is 5.32 Å². The number of amides is 1. The van der Waals surface area contributed by atoms with Crippen LogP contribution in [0.3, 0.4) is 0 Å². The van der Waals surface area contributed by atoms with Crippen molar-refractivity contribution in [1.82, 2.24) is 14.8 Å². The van der Waals surface area contributed by atoms with Crippen LogP contribution in [0.5, 0.6) is 0 Å². The van der Waals surface area contributed by atoms with E-state index in [-0.39, 0.29) is 11.2 Å². The Morgan fingerprint density at radius 1 is 1.19 bits per heavy atom. The molecule has 0 radical (unpaired) electrons. The Morgan fingerprint density at radius 3 is 2.50 bits per heavy atom. The number of anilines is 1. The van der Waals surface area contributed by atoms with Crippen molar-refractivity contribution in [1.29, 1.82) is 0 Å². The smallest absolute Gasteiger partial charge is 0.237 e. The first-order valence-corrected chi connectivity index (χ1v) is 10.3. The first kappa shape index (κ1) is 19.0. The Bertz CT molecular complexity index is 760. The molecule has 0 bridgehead atoms. The van der Waals surface area contributed by atoms with E-state index < -0.39 is 0 Å². The van der Waals surface area contributed by atoms with E-state index in [1.165, 1.54) is 43.9 Å². The second-order valence-electron chi connectivity index (χ2n) is 7.25. The van der Waals surface area contributed by atoms with Gasteiger partial charge in [0.2, 0.25) is 5.91 Å². The predicted octanol–water partition coefficient (Wildman–Crippen LogP) is 4.60. The molecule has 1 saturated carbocycles. The van der Waals surface area contributed by atoms with Gasteiger partial charge in [-0.15, -0.1) is 10.2 Å². The average molecular weight is 373 g/mol. The number of aromatic nitrogens is 3. The lowest BCUT2D eigenvalue weighted by Gasteiger charge is -2.20. The third kappa shape index (κ3) is 4.11. The van der Waals surface area contributed by atoms with Crippen LogP contribution in [0.2, 0.25) is 0 Å². The van der Waals surface area contributed by atoms with Crippen LogP contribution in [0.1, 0.15) is 61.9 Å². The normalized spacial score (nSPS) is 16.5. The molecule has 6 heteroatoms. The number of carbonyl (C=O) groups is 1. The highest BCUT2D eigenvalue weighted by atomic mass is 32.2. The lowest BCUT2D eigenvalue weighted by atomic mass is 9.89. The third-order valence-corrected chi connectivity index (χ3v) is 6.35. The highest BCUT2D eigenvalue weighted by molar-refractivity contribution is 8.00. The van der Waals surface area contributed by atoms with Crippen LogP contribution in [0.15, 0.2) is 23.4 Å². The molecule has 2 aromatic rings. The standard InChI is InChI=1S/C20H28N4OS/c1-13-9-8-10-14(2)17(13)21-19(25)15(3)26-20-23-22-18(24(20)4)16-11-6-5-7-12-16/h8-10,15-16H,5-7,11-12H2,1-4H3,(H,21,25)/t15-/m1/s1. The Labute approximate surface area is 160 Å². The SMILES string of the molecule is Cc1cccc(C)c1NC(=O)[C@@H](C)Sc1nnc(C2CCCCC2)n1C. The molecule has 1 aromatic carbocycles. The highest BCUT2D eigenvalue weighted by Gasteiger charge is 2.24. The molecule has 1 atom stereocenters. The van der Waals surface area contributed by atoms with E-state index in [0.29, 0.717) is 5.92 Å². The van der Waals surface area contributed by atoms with Gasteiger partial charge in [0.15, 0.2) is 5.16 Å². The van der Waals surface area contributed by atoms with E-state index in [2.05, 4.69) is 20.1 Å². The van der Waals surface area contributed by atoms with Crippen molar-refractivity contribution in [3.63, 3.8) is 0 Å². The summed E-state index contributed by atoms with van der Waals surface area (Å²) in [5, 5.41) is 12.4. The van der Waals surface area contributed by atoms with E-state index in [9.17, 15) is 4.79 Å². The topological polar surface area (TPSA) is 59.8 Å². The van der Waals surface area contributed by atoms with Crippen LogP contribution >= 0.6 is 11.8 Å². The van der Waals surface area contributed by atoms with Crippen LogP contribution in [-0.2, 0) is 11.8 Å². The maximum absolute atomic E-state index is 12.7. The van der Waals surface area contributed by atoms with E-state index in [4.69, 9.17) is 0 Å². The van der Waals surface area contributed by atoms with Gasteiger partial charge in [-0.25, -0.2) is 0 Å². The number of nitrogens with zero attached hydrogens (tertiary/aromatic N) is 3. The summed E-state index contributed by atoms with van der Waals surface area (Å²) in [7, 11) is 2.02. The Balaban J connectivity index is 1.67. The summed E-state index contributed by atoms with van der Waals surface area (Å²) in [6, 6.07) is 6.03. The summed E-state index contributed by atoms with van der Waals surface area (Å²) in [6.45, 7) is 5.95. The molecule has 1 fully saturated rings. The van der Waals surface area contributed by atoms with Crippen LogP contribution < -0.4 is 5.32 Å². The first-order valence-electron chi connectivity index (χ1n) is 9.40. The van der Waals surface area contributed by atoms with Gasteiger partial charge in [-0.2, -0.15) is 0 Å². The molecule has 1 aliphatic carbocycles. The Kier molecular flexibility index (Phi) is 6.01. The molecule has 0 unspecified atom stereocenters. The number of hydrogen-bond acceptors (Lipinski definition) is 4. The number of benzene rings is 1. The molecule has 140 valence electrons. The van der Waals surface area contributed by atoms with Gasteiger partial charge < -0.3 is 9.88 Å². The zero-order valence-corrected chi connectivity index (χ0v) is 16.9. The lowest BCUT2D eigenvalue weighted by Crippen LogP contribution is -2.23. The van der Waals surface area contributed by atoms with Crippen molar-refractivity contribution >= 4 is 23.4 Å². The maximum Gasteiger partial charge on any atom is 0.237 e. The zero-order valence-electron chi connectivity index (χ0n) is 16.1.